The highest BCUT2D eigenvalue weighted by Crippen LogP contribution is 2.13. The smallest absolute Gasteiger partial charge is 0.255 e. The van der Waals surface area contributed by atoms with Gasteiger partial charge in [-0.15, -0.1) is 0 Å². The zero-order valence-electron chi connectivity index (χ0n) is 14.6. The Bertz CT molecular complexity index is 905. The van der Waals surface area contributed by atoms with Gasteiger partial charge >= 0.3 is 0 Å². The van der Waals surface area contributed by atoms with Gasteiger partial charge in [0.05, 0.1) is 6.26 Å². The van der Waals surface area contributed by atoms with Crippen LogP contribution in [0.4, 0.5) is 10.1 Å². The molecule has 2 aromatic carbocycles. The van der Waals surface area contributed by atoms with Gasteiger partial charge in [0.25, 0.3) is 5.91 Å². The quantitative estimate of drug-likeness (QED) is 0.666. The maximum Gasteiger partial charge on any atom is 0.255 e. The summed E-state index contributed by atoms with van der Waals surface area (Å²) < 4.78 is 18.1. The third-order valence-corrected chi connectivity index (χ3v) is 3.96. The number of rotatable bonds is 7. The van der Waals surface area contributed by atoms with Crippen LogP contribution in [0.5, 0.6) is 0 Å². The highest BCUT2D eigenvalue weighted by molar-refractivity contribution is 6.04. The van der Waals surface area contributed by atoms with Crippen molar-refractivity contribution in [2.24, 2.45) is 0 Å². The van der Waals surface area contributed by atoms with E-state index < -0.39 is 5.82 Å². The molecule has 3 aromatic rings. The number of aryl methyl sites for hydroxylation is 1. The van der Waals surface area contributed by atoms with Crippen molar-refractivity contribution < 1.29 is 18.4 Å². The van der Waals surface area contributed by atoms with Crippen LogP contribution in [0.3, 0.4) is 0 Å². The molecule has 6 heteroatoms. The van der Waals surface area contributed by atoms with E-state index in [0.29, 0.717) is 30.6 Å². The number of benzene rings is 2. The minimum atomic E-state index is -0.392. The number of hydrogen-bond acceptors (Lipinski definition) is 3. The molecule has 27 heavy (non-hydrogen) atoms. The summed E-state index contributed by atoms with van der Waals surface area (Å²) in [5.41, 5.74) is 1.83. The lowest BCUT2D eigenvalue weighted by atomic mass is 10.1. The summed E-state index contributed by atoms with van der Waals surface area (Å²) in [5.74, 6) is -0.0197. The minimum Gasteiger partial charge on any atom is -0.469 e. The molecule has 0 spiro atoms. The molecule has 0 bridgehead atoms. The molecule has 0 fully saturated rings. The van der Waals surface area contributed by atoms with Crippen LogP contribution in [0.1, 0.15) is 28.1 Å². The molecule has 1 aromatic heterocycles. The van der Waals surface area contributed by atoms with E-state index in [1.807, 2.05) is 12.1 Å². The van der Waals surface area contributed by atoms with Crippen molar-refractivity contribution in [1.29, 1.82) is 0 Å². The second-order valence-electron chi connectivity index (χ2n) is 6.02. The van der Waals surface area contributed by atoms with Gasteiger partial charge in [-0.2, -0.15) is 0 Å². The monoisotopic (exact) mass is 366 g/mol. The topological polar surface area (TPSA) is 71.3 Å². The summed E-state index contributed by atoms with van der Waals surface area (Å²) in [6.45, 7) is 0.358. The van der Waals surface area contributed by atoms with Crippen LogP contribution in [-0.2, 0) is 17.8 Å². The molecule has 2 amide bonds. The average Bonchev–Trinajstić information content (AvgIpc) is 3.19. The van der Waals surface area contributed by atoms with E-state index in [9.17, 15) is 14.0 Å². The summed E-state index contributed by atoms with van der Waals surface area (Å²) in [4.78, 5) is 24.1. The lowest BCUT2D eigenvalue weighted by Crippen LogP contribution is -2.23. The van der Waals surface area contributed by atoms with Gasteiger partial charge in [0.1, 0.15) is 11.6 Å². The first-order valence-corrected chi connectivity index (χ1v) is 8.55. The van der Waals surface area contributed by atoms with Crippen LogP contribution in [-0.4, -0.2) is 11.8 Å². The van der Waals surface area contributed by atoms with Crippen LogP contribution in [0.25, 0.3) is 0 Å². The Balaban J connectivity index is 1.51. The Labute approximate surface area is 156 Å². The van der Waals surface area contributed by atoms with Gasteiger partial charge in [-0.1, -0.05) is 12.1 Å². The predicted molar refractivity (Wildman–Crippen MR) is 99.7 cm³/mol. The van der Waals surface area contributed by atoms with Crippen molar-refractivity contribution in [2.75, 3.05) is 5.32 Å². The van der Waals surface area contributed by atoms with Gasteiger partial charge in [0.2, 0.25) is 5.91 Å². The maximum atomic E-state index is 12.9. The fourth-order valence-electron chi connectivity index (χ4n) is 2.54. The molecular formula is C21H19FN2O3. The fraction of sp³-hybridized carbons (Fsp3) is 0.143. The highest BCUT2D eigenvalue weighted by Gasteiger charge is 2.08. The minimum absolute atomic E-state index is 0.0767. The third-order valence-electron chi connectivity index (χ3n) is 3.96. The highest BCUT2D eigenvalue weighted by atomic mass is 19.1. The van der Waals surface area contributed by atoms with Gasteiger partial charge in [-0.3, -0.25) is 9.59 Å². The number of carbonyl (C=O) groups excluding carboxylic acids is 2. The molecule has 0 aliphatic heterocycles. The number of halogens is 1. The van der Waals surface area contributed by atoms with Crippen molar-refractivity contribution in [3.05, 3.63) is 89.6 Å². The van der Waals surface area contributed by atoms with Crippen LogP contribution >= 0.6 is 0 Å². The van der Waals surface area contributed by atoms with Crippen molar-refractivity contribution in [3.8, 4) is 0 Å². The van der Waals surface area contributed by atoms with Crippen LogP contribution < -0.4 is 10.6 Å². The number of carbonyl (C=O) groups is 2. The Morgan fingerprint density at radius 1 is 1.00 bits per heavy atom. The molecule has 0 aliphatic carbocycles. The summed E-state index contributed by atoms with van der Waals surface area (Å²) in [7, 11) is 0. The van der Waals surface area contributed by atoms with Crippen molar-refractivity contribution in [3.63, 3.8) is 0 Å². The van der Waals surface area contributed by atoms with Crippen LogP contribution in [0, 0.1) is 5.82 Å². The zero-order chi connectivity index (χ0) is 19.1. The summed E-state index contributed by atoms with van der Waals surface area (Å²) in [6.07, 6.45) is 2.47. The molecule has 0 aliphatic rings. The SMILES string of the molecule is O=C(CCc1ccco1)NCc1cccc(NC(=O)c2ccc(F)cc2)c1. The standard InChI is InChI=1S/C21H19FN2O3/c22-17-8-6-16(7-9-17)21(26)24-18-4-1-3-15(13-18)14-23-20(25)11-10-19-5-2-12-27-19/h1-9,12-13H,10-11,14H2,(H,23,25)(H,24,26). The summed E-state index contributed by atoms with van der Waals surface area (Å²) in [6, 6.07) is 16.1. The van der Waals surface area contributed by atoms with E-state index in [1.54, 1.807) is 30.5 Å². The molecule has 138 valence electrons. The van der Waals surface area contributed by atoms with Crippen LogP contribution in [0.2, 0.25) is 0 Å². The number of furan rings is 1. The van der Waals surface area contributed by atoms with Gasteiger partial charge in [0, 0.05) is 30.6 Å². The first-order valence-electron chi connectivity index (χ1n) is 8.55. The van der Waals surface area contributed by atoms with Crippen molar-refractivity contribution in [2.45, 2.75) is 19.4 Å². The largest absolute Gasteiger partial charge is 0.469 e. The lowest BCUT2D eigenvalue weighted by Gasteiger charge is -2.09. The number of nitrogens with one attached hydrogen (secondary N) is 2. The molecule has 0 atom stereocenters. The molecule has 0 unspecified atom stereocenters. The molecule has 0 saturated carbocycles. The van der Waals surface area contributed by atoms with Crippen molar-refractivity contribution >= 4 is 17.5 Å². The van der Waals surface area contributed by atoms with E-state index in [2.05, 4.69) is 10.6 Å². The molecule has 3 rings (SSSR count). The van der Waals surface area contributed by atoms with E-state index in [0.717, 1.165) is 11.3 Å². The zero-order valence-corrected chi connectivity index (χ0v) is 14.6. The Hall–Kier alpha value is -3.41. The first-order chi connectivity index (χ1) is 13.1. The molecule has 0 radical (unpaired) electrons. The van der Waals surface area contributed by atoms with Gasteiger partial charge in [-0.05, 0) is 54.1 Å². The van der Waals surface area contributed by atoms with E-state index in [4.69, 9.17) is 4.42 Å². The van der Waals surface area contributed by atoms with Crippen LogP contribution in [0.15, 0.2) is 71.3 Å². The summed E-state index contributed by atoms with van der Waals surface area (Å²) in [5, 5.41) is 5.61. The van der Waals surface area contributed by atoms with Gasteiger partial charge in [-0.25, -0.2) is 4.39 Å². The number of hydrogen-bond donors (Lipinski definition) is 2. The fourth-order valence-corrected chi connectivity index (χ4v) is 2.54. The molecular weight excluding hydrogens is 347 g/mol. The molecule has 1 heterocycles. The second kappa shape index (κ2) is 8.80. The van der Waals surface area contributed by atoms with E-state index >= 15 is 0 Å². The van der Waals surface area contributed by atoms with Gasteiger partial charge < -0.3 is 15.1 Å². The number of amides is 2. The predicted octanol–water partition coefficient (Wildman–Crippen LogP) is 3.92. The Kier molecular flexibility index (Phi) is 5.99. The Morgan fingerprint density at radius 3 is 2.56 bits per heavy atom. The maximum absolute atomic E-state index is 12.9. The molecule has 2 N–H and O–H groups in total. The molecule has 0 saturated heterocycles. The number of anilines is 1. The van der Waals surface area contributed by atoms with Gasteiger partial charge in [0.15, 0.2) is 0 Å². The second-order valence-corrected chi connectivity index (χ2v) is 6.02. The Morgan fingerprint density at radius 2 is 1.81 bits per heavy atom. The van der Waals surface area contributed by atoms with E-state index in [1.165, 1.54) is 24.3 Å². The lowest BCUT2D eigenvalue weighted by molar-refractivity contribution is -0.121. The normalized spacial score (nSPS) is 10.4. The van der Waals surface area contributed by atoms with Crippen molar-refractivity contribution in [1.82, 2.24) is 5.32 Å². The average molecular weight is 366 g/mol. The third kappa shape index (κ3) is 5.54. The first kappa shape index (κ1) is 18.4. The molecule has 5 nitrogen and oxygen atoms in total. The summed E-state index contributed by atoms with van der Waals surface area (Å²) >= 11 is 0. The van der Waals surface area contributed by atoms with E-state index in [-0.39, 0.29) is 11.8 Å².